The number of rotatable bonds is 6. The second-order valence-electron chi connectivity index (χ2n) is 5.17. The molecule has 0 fully saturated rings. The van der Waals surface area contributed by atoms with E-state index in [1.807, 2.05) is 30.3 Å². The van der Waals surface area contributed by atoms with Gasteiger partial charge >= 0.3 is 11.7 Å². The number of hydrogen-bond donors (Lipinski definition) is 1. The van der Waals surface area contributed by atoms with E-state index in [0.29, 0.717) is 6.07 Å². The number of ether oxygens (including phenoxy) is 1. The summed E-state index contributed by atoms with van der Waals surface area (Å²) in [5.41, 5.74) is -0.0807. The Morgan fingerprint density at radius 2 is 1.92 bits per heavy atom. The highest BCUT2D eigenvalue weighted by atomic mass is 19.1. The maximum absolute atomic E-state index is 13.5. The van der Waals surface area contributed by atoms with E-state index >= 15 is 0 Å². The predicted molar refractivity (Wildman–Crippen MR) is 86.2 cm³/mol. The highest BCUT2D eigenvalue weighted by Gasteiger charge is 2.21. The van der Waals surface area contributed by atoms with Crippen LogP contribution in [0.1, 0.15) is 22.8 Å². The van der Waals surface area contributed by atoms with Crippen molar-refractivity contribution in [2.75, 3.05) is 0 Å². The molecule has 0 aliphatic rings. The summed E-state index contributed by atoms with van der Waals surface area (Å²) in [5, 5.41) is 13.2. The molecule has 0 saturated carbocycles. The fraction of sp³-hybridized carbons (Fsp3) is 0.176. The van der Waals surface area contributed by atoms with E-state index in [-0.39, 0.29) is 12.1 Å². The van der Waals surface area contributed by atoms with Gasteiger partial charge < -0.3 is 10.1 Å². The topological polar surface area (TPSA) is 98.5 Å². The third-order valence-electron chi connectivity index (χ3n) is 3.34. The molecule has 25 heavy (non-hydrogen) atoms. The maximum Gasteiger partial charge on any atom is 0.339 e. The number of amides is 1. The van der Waals surface area contributed by atoms with E-state index in [9.17, 15) is 24.1 Å². The minimum atomic E-state index is -1.15. The van der Waals surface area contributed by atoms with E-state index in [1.54, 1.807) is 0 Å². The van der Waals surface area contributed by atoms with Crippen molar-refractivity contribution in [3.63, 3.8) is 0 Å². The van der Waals surface area contributed by atoms with Crippen molar-refractivity contribution in [2.24, 2.45) is 0 Å². The molecular weight excluding hydrogens is 331 g/mol. The Bertz CT molecular complexity index is 795. The number of nitro benzene ring substituents is 1. The van der Waals surface area contributed by atoms with Gasteiger partial charge in [-0.25, -0.2) is 4.79 Å². The summed E-state index contributed by atoms with van der Waals surface area (Å²) < 4.78 is 18.5. The second kappa shape index (κ2) is 8.00. The summed E-state index contributed by atoms with van der Waals surface area (Å²) in [4.78, 5) is 33.5. The Kier molecular flexibility index (Phi) is 5.78. The predicted octanol–water partition coefficient (Wildman–Crippen LogP) is 2.60. The van der Waals surface area contributed by atoms with Crippen LogP contribution in [0.5, 0.6) is 0 Å². The standard InChI is InChI=1S/C17H15FN2O5/c1-11(16(21)19-10-12-5-3-2-4-6-12)25-17(22)13-7-8-15(20(23)24)14(18)9-13/h2-9,11H,10H2,1H3,(H,19,21)/t11-/m0/s1. The van der Waals surface area contributed by atoms with Crippen molar-refractivity contribution >= 4 is 17.6 Å². The number of carbonyl (C=O) groups is 2. The second-order valence-corrected chi connectivity index (χ2v) is 5.17. The third-order valence-corrected chi connectivity index (χ3v) is 3.34. The molecule has 0 heterocycles. The fourth-order valence-electron chi connectivity index (χ4n) is 1.99. The van der Waals surface area contributed by atoms with Gasteiger partial charge in [-0.2, -0.15) is 4.39 Å². The average molecular weight is 346 g/mol. The van der Waals surface area contributed by atoms with Gasteiger partial charge in [-0.05, 0) is 24.6 Å². The molecule has 1 atom stereocenters. The van der Waals surface area contributed by atoms with Crippen LogP contribution >= 0.6 is 0 Å². The number of hydrogen-bond acceptors (Lipinski definition) is 5. The highest BCUT2D eigenvalue weighted by Crippen LogP contribution is 2.18. The zero-order valence-corrected chi connectivity index (χ0v) is 13.3. The first-order chi connectivity index (χ1) is 11.9. The molecule has 2 rings (SSSR count). The van der Waals surface area contributed by atoms with Gasteiger partial charge in [0.2, 0.25) is 5.82 Å². The number of nitrogens with zero attached hydrogens (tertiary/aromatic N) is 1. The first-order valence-electron chi connectivity index (χ1n) is 7.35. The van der Waals surface area contributed by atoms with E-state index in [0.717, 1.165) is 17.7 Å². The fourth-order valence-corrected chi connectivity index (χ4v) is 1.99. The Morgan fingerprint density at radius 1 is 1.24 bits per heavy atom. The van der Waals surface area contributed by atoms with Crippen LogP contribution in [0.15, 0.2) is 48.5 Å². The minimum Gasteiger partial charge on any atom is -0.449 e. The molecule has 8 heteroatoms. The summed E-state index contributed by atoms with van der Waals surface area (Å²) in [6.45, 7) is 1.65. The molecular formula is C17H15FN2O5. The number of carbonyl (C=O) groups excluding carboxylic acids is 2. The van der Waals surface area contributed by atoms with Crippen molar-refractivity contribution in [3.05, 3.63) is 75.6 Å². The minimum absolute atomic E-state index is 0.217. The van der Waals surface area contributed by atoms with Gasteiger partial charge in [0.05, 0.1) is 10.5 Å². The lowest BCUT2D eigenvalue weighted by molar-refractivity contribution is -0.387. The Balaban J connectivity index is 1.94. The molecule has 0 aliphatic heterocycles. The van der Waals surface area contributed by atoms with E-state index in [1.165, 1.54) is 6.92 Å². The molecule has 0 aromatic heterocycles. The molecule has 1 amide bonds. The lowest BCUT2D eigenvalue weighted by Crippen LogP contribution is -2.35. The summed E-state index contributed by atoms with van der Waals surface area (Å²) in [6, 6.07) is 11.8. The first kappa shape index (κ1) is 18.1. The zero-order valence-electron chi connectivity index (χ0n) is 13.3. The van der Waals surface area contributed by atoms with Crippen LogP contribution in [0, 0.1) is 15.9 Å². The largest absolute Gasteiger partial charge is 0.449 e. The van der Waals surface area contributed by atoms with E-state index in [2.05, 4.69) is 5.32 Å². The summed E-state index contributed by atoms with van der Waals surface area (Å²) in [6.07, 6.45) is -1.10. The Labute approximate surface area is 142 Å². The monoisotopic (exact) mass is 346 g/mol. The highest BCUT2D eigenvalue weighted by molar-refractivity contribution is 5.92. The Morgan fingerprint density at radius 3 is 2.52 bits per heavy atom. The van der Waals surface area contributed by atoms with Crippen molar-refractivity contribution in [3.8, 4) is 0 Å². The lowest BCUT2D eigenvalue weighted by atomic mass is 10.2. The number of halogens is 1. The van der Waals surface area contributed by atoms with Crippen LogP contribution in [0.2, 0.25) is 0 Å². The van der Waals surface area contributed by atoms with Crippen LogP contribution in [0.4, 0.5) is 10.1 Å². The summed E-state index contributed by atoms with van der Waals surface area (Å²) in [7, 11) is 0. The van der Waals surface area contributed by atoms with Crippen molar-refractivity contribution in [1.29, 1.82) is 0 Å². The molecule has 2 aromatic carbocycles. The van der Waals surface area contributed by atoms with Gasteiger partial charge in [-0.3, -0.25) is 14.9 Å². The first-order valence-corrected chi connectivity index (χ1v) is 7.35. The van der Waals surface area contributed by atoms with Crippen LogP contribution in [0.3, 0.4) is 0 Å². The zero-order chi connectivity index (χ0) is 18.4. The van der Waals surface area contributed by atoms with Crippen molar-refractivity contribution < 1.29 is 23.6 Å². The molecule has 2 aromatic rings. The molecule has 0 unspecified atom stereocenters. The summed E-state index contributed by atoms with van der Waals surface area (Å²) >= 11 is 0. The van der Waals surface area contributed by atoms with E-state index in [4.69, 9.17) is 4.74 Å². The van der Waals surface area contributed by atoms with Gasteiger partial charge in [-0.1, -0.05) is 30.3 Å². The van der Waals surface area contributed by atoms with Crippen LogP contribution in [-0.2, 0) is 16.1 Å². The maximum atomic E-state index is 13.5. The number of nitro groups is 1. The quantitative estimate of drug-likeness (QED) is 0.492. The molecule has 0 saturated heterocycles. The SMILES string of the molecule is C[C@H](OC(=O)c1ccc([N+](=O)[O-])c(F)c1)C(=O)NCc1ccccc1. The molecule has 0 aliphatic carbocycles. The normalized spacial score (nSPS) is 11.4. The smallest absolute Gasteiger partial charge is 0.339 e. The van der Waals surface area contributed by atoms with Crippen LogP contribution < -0.4 is 5.32 Å². The average Bonchev–Trinajstić information content (AvgIpc) is 2.59. The van der Waals surface area contributed by atoms with Crippen molar-refractivity contribution in [2.45, 2.75) is 19.6 Å². The molecule has 130 valence electrons. The summed E-state index contributed by atoms with van der Waals surface area (Å²) in [5.74, 6) is -2.61. The molecule has 7 nitrogen and oxygen atoms in total. The molecule has 1 N–H and O–H groups in total. The van der Waals surface area contributed by atoms with Crippen molar-refractivity contribution in [1.82, 2.24) is 5.32 Å². The lowest BCUT2D eigenvalue weighted by Gasteiger charge is -2.13. The van der Waals surface area contributed by atoms with Crippen LogP contribution in [0.25, 0.3) is 0 Å². The number of esters is 1. The van der Waals surface area contributed by atoms with E-state index < -0.39 is 34.4 Å². The number of nitrogens with one attached hydrogen (secondary N) is 1. The van der Waals surface area contributed by atoms with Gasteiger partial charge in [0.1, 0.15) is 0 Å². The van der Waals surface area contributed by atoms with Gasteiger partial charge in [0.25, 0.3) is 5.91 Å². The van der Waals surface area contributed by atoms with Crippen LogP contribution in [-0.4, -0.2) is 22.9 Å². The molecule has 0 spiro atoms. The van der Waals surface area contributed by atoms with Gasteiger partial charge in [0.15, 0.2) is 6.10 Å². The Hall–Kier alpha value is -3.29. The molecule has 0 radical (unpaired) electrons. The van der Waals surface area contributed by atoms with Gasteiger partial charge in [-0.15, -0.1) is 0 Å². The van der Waals surface area contributed by atoms with Gasteiger partial charge in [0, 0.05) is 12.6 Å². The number of benzene rings is 2. The third kappa shape index (κ3) is 4.84. The molecule has 0 bridgehead atoms.